The quantitative estimate of drug-likeness (QED) is 0.692. The zero-order chi connectivity index (χ0) is 23.4. The number of carbonyl (C=O) groups excluding carboxylic acids is 2. The highest BCUT2D eigenvalue weighted by Gasteiger charge is 2.41. The first-order valence-corrected chi connectivity index (χ1v) is 12.2. The summed E-state index contributed by atoms with van der Waals surface area (Å²) >= 11 is 0. The fraction of sp³-hybridized carbons (Fsp3) is 0.500. The average molecular weight is 465 g/mol. The van der Waals surface area contributed by atoms with Crippen molar-refractivity contribution in [1.29, 1.82) is 0 Å². The summed E-state index contributed by atoms with van der Waals surface area (Å²) in [7, 11) is 0. The van der Waals surface area contributed by atoms with Crippen LogP contribution in [0.4, 0.5) is 5.82 Å². The molecule has 1 spiro atoms. The molecular formula is C26H32N4O4. The molecule has 0 bridgehead atoms. The molecule has 8 nitrogen and oxygen atoms in total. The van der Waals surface area contributed by atoms with Gasteiger partial charge in [0.05, 0.1) is 25.4 Å². The van der Waals surface area contributed by atoms with Gasteiger partial charge < -0.3 is 24.2 Å². The Hall–Kier alpha value is -2.97. The van der Waals surface area contributed by atoms with Crippen LogP contribution in [0.3, 0.4) is 0 Å². The molecule has 2 aromatic rings. The predicted molar refractivity (Wildman–Crippen MR) is 128 cm³/mol. The highest BCUT2D eigenvalue weighted by Crippen LogP contribution is 2.32. The van der Waals surface area contributed by atoms with Crippen LogP contribution in [0.2, 0.25) is 0 Å². The van der Waals surface area contributed by atoms with Gasteiger partial charge in [0, 0.05) is 44.5 Å². The third-order valence-corrected chi connectivity index (χ3v) is 7.06. The Balaban J connectivity index is 1.24. The molecule has 3 fully saturated rings. The highest BCUT2D eigenvalue weighted by molar-refractivity contribution is 5.95. The monoisotopic (exact) mass is 464 g/mol. The lowest BCUT2D eigenvalue weighted by molar-refractivity contribution is -0.166. The van der Waals surface area contributed by atoms with Crippen molar-refractivity contribution in [3.8, 4) is 0 Å². The van der Waals surface area contributed by atoms with Crippen molar-refractivity contribution < 1.29 is 19.1 Å². The SMILES string of the molecule is O=C1COC2(CCCN(C(=O)c3ccnc(N4CCOCC4)c3)CC2)CN1Cc1ccccc1. The van der Waals surface area contributed by atoms with Crippen LogP contribution in [0.15, 0.2) is 48.7 Å². The number of anilines is 1. The molecule has 2 amide bonds. The van der Waals surface area contributed by atoms with Gasteiger partial charge in [0.1, 0.15) is 12.4 Å². The van der Waals surface area contributed by atoms with E-state index in [-0.39, 0.29) is 18.4 Å². The zero-order valence-corrected chi connectivity index (χ0v) is 19.5. The Morgan fingerprint density at radius 3 is 2.68 bits per heavy atom. The first-order chi connectivity index (χ1) is 16.6. The van der Waals surface area contributed by atoms with Crippen molar-refractivity contribution >= 4 is 17.6 Å². The van der Waals surface area contributed by atoms with E-state index < -0.39 is 5.60 Å². The number of hydrogen-bond acceptors (Lipinski definition) is 6. The van der Waals surface area contributed by atoms with Crippen molar-refractivity contribution in [3.63, 3.8) is 0 Å². The Labute approximate surface area is 200 Å². The van der Waals surface area contributed by atoms with Crippen LogP contribution in [0.5, 0.6) is 0 Å². The molecule has 0 radical (unpaired) electrons. The number of carbonyl (C=O) groups is 2. The molecule has 0 N–H and O–H groups in total. The van der Waals surface area contributed by atoms with Crippen LogP contribution in [-0.2, 0) is 20.8 Å². The molecule has 1 aromatic heterocycles. The van der Waals surface area contributed by atoms with Gasteiger partial charge in [0.15, 0.2) is 0 Å². The van der Waals surface area contributed by atoms with Crippen molar-refractivity contribution in [1.82, 2.24) is 14.8 Å². The van der Waals surface area contributed by atoms with Crippen LogP contribution in [-0.4, -0.2) is 84.7 Å². The molecule has 3 aliphatic heterocycles. The number of hydrogen-bond donors (Lipinski definition) is 0. The van der Waals surface area contributed by atoms with Crippen molar-refractivity contribution in [3.05, 3.63) is 59.8 Å². The summed E-state index contributed by atoms with van der Waals surface area (Å²) in [6.45, 7) is 5.49. The lowest BCUT2D eigenvalue weighted by atomic mass is 9.92. The second kappa shape index (κ2) is 10.1. The number of aromatic nitrogens is 1. The molecule has 1 unspecified atom stereocenters. The van der Waals surface area contributed by atoms with Gasteiger partial charge in [-0.25, -0.2) is 4.98 Å². The number of likely N-dealkylation sites (tertiary alicyclic amines) is 1. The molecule has 0 aliphatic carbocycles. The number of pyridine rings is 1. The fourth-order valence-electron chi connectivity index (χ4n) is 5.11. The van der Waals surface area contributed by atoms with Gasteiger partial charge in [-0.3, -0.25) is 9.59 Å². The number of benzene rings is 1. The van der Waals surface area contributed by atoms with Crippen molar-refractivity contribution in [2.45, 2.75) is 31.4 Å². The number of ether oxygens (including phenoxy) is 2. The van der Waals surface area contributed by atoms with E-state index in [2.05, 4.69) is 9.88 Å². The van der Waals surface area contributed by atoms with Gasteiger partial charge in [-0.2, -0.15) is 0 Å². The summed E-state index contributed by atoms with van der Waals surface area (Å²) in [4.78, 5) is 36.4. The maximum atomic E-state index is 13.4. The minimum Gasteiger partial charge on any atom is -0.378 e. The normalized spacial score (nSPS) is 23.8. The molecule has 180 valence electrons. The second-order valence-corrected chi connectivity index (χ2v) is 9.35. The van der Waals surface area contributed by atoms with Gasteiger partial charge in [0.2, 0.25) is 5.91 Å². The average Bonchev–Trinajstić information content (AvgIpc) is 3.10. The summed E-state index contributed by atoms with van der Waals surface area (Å²) in [6.07, 6.45) is 4.12. The van der Waals surface area contributed by atoms with E-state index in [1.165, 1.54) is 0 Å². The number of rotatable bonds is 4. The molecule has 5 rings (SSSR count). The number of amides is 2. The van der Waals surface area contributed by atoms with Crippen molar-refractivity contribution in [2.75, 3.05) is 57.4 Å². The molecule has 3 aliphatic rings. The first-order valence-electron chi connectivity index (χ1n) is 12.2. The summed E-state index contributed by atoms with van der Waals surface area (Å²) in [6, 6.07) is 13.8. The topological polar surface area (TPSA) is 75.2 Å². The maximum Gasteiger partial charge on any atom is 0.254 e. The van der Waals surface area contributed by atoms with Crippen LogP contribution in [0, 0.1) is 0 Å². The second-order valence-electron chi connectivity index (χ2n) is 9.35. The van der Waals surface area contributed by atoms with Gasteiger partial charge >= 0.3 is 0 Å². The van der Waals surface area contributed by atoms with Crippen LogP contribution >= 0.6 is 0 Å². The van der Waals surface area contributed by atoms with Crippen LogP contribution < -0.4 is 4.90 Å². The molecule has 0 saturated carbocycles. The van der Waals surface area contributed by atoms with Gasteiger partial charge in [-0.1, -0.05) is 30.3 Å². The van der Waals surface area contributed by atoms with Gasteiger partial charge in [0.25, 0.3) is 5.91 Å². The van der Waals surface area contributed by atoms with E-state index in [1.54, 1.807) is 12.3 Å². The van der Waals surface area contributed by atoms with E-state index in [9.17, 15) is 9.59 Å². The Bertz CT molecular complexity index is 1010. The zero-order valence-electron chi connectivity index (χ0n) is 19.5. The van der Waals surface area contributed by atoms with E-state index >= 15 is 0 Å². The van der Waals surface area contributed by atoms with Gasteiger partial charge in [-0.15, -0.1) is 0 Å². The molecule has 3 saturated heterocycles. The Kier molecular flexibility index (Phi) is 6.78. The minimum atomic E-state index is -0.394. The minimum absolute atomic E-state index is 0.0269. The lowest BCUT2D eigenvalue weighted by Gasteiger charge is -2.42. The van der Waals surface area contributed by atoms with Crippen LogP contribution in [0.1, 0.15) is 35.2 Å². The molecule has 8 heteroatoms. The standard InChI is InChI=1S/C26H32N4O4/c31-24-19-34-26(20-30(24)18-21-5-2-1-3-6-21)8-4-11-29(12-9-26)25(32)22-7-10-27-23(17-22)28-13-15-33-16-14-28/h1-3,5-7,10,17H,4,8-9,11-16,18-20H2. The number of nitrogens with zero attached hydrogens (tertiary/aromatic N) is 4. The molecule has 34 heavy (non-hydrogen) atoms. The maximum absolute atomic E-state index is 13.4. The lowest BCUT2D eigenvalue weighted by Crippen LogP contribution is -2.54. The highest BCUT2D eigenvalue weighted by atomic mass is 16.5. The van der Waals surface area contributed by atoms with E-state index in [0.29, 0.717) is 45.0 Å². The Morgan fingerprint density at radius 2 is 1.85 bits per heavy atom. The summed E-state index contributed by atoms with van der Waals surface area (Å²) in [5.74, 6) is 0.882. The Morgan fingerprint density at radius 1 is 1.03 bits per heavy atom. The smallest absolute Gasteiger partial charge is 0.254 e. The number of morpholine rings is 2. The molecule has 1 atom stereocenters. The summed E-state index contributed by atoms with van der Waals surface area (Å²) < 4.78 is 11.6. The summed E-state index contributed by atoms with van der Waals surface area (Å²) in [5, 5.41) is 0. The first kappa shape index (κ1) is 22.8. The largest absolute Gasteiger partial charge is 0.378 e. The van der Waals surface area contributed by atoms with Crippen LogP contribution in [0.25, 0.3) is 0 Å². The van der Waals surface area contributed by atoms with E-state index in [4.69, 9.17) is 9.47 Å². The molecule has 1 aromatic carbocycles. The predicted octanol–water partition coefficient (Wildman–Crippen LogP) is 2.34. The molecular weight excluding hydrogens is 432 g/mol. The van der Waals surface area contributed by atoms with E-state index in [1.807, 2.05) is 46.2 Å². The van der Waals surface area contributed by atoms with E-state index in [0.717, 1.165) is 43.7 Å². The van der Waals surface area contributed by atoms with Crippen molar-refractivity contribution in [2.24, 2.45) is 0 Å². The third-order valence-electron chi connectivity index (χ3n) is 7.06. The fourth-order valence-corrected chi connectivity index (χ4v) is 5.11. The molecule has 4 heterocycles. The third kappa shape index (κ3) is 5.08. The van der Waals surface area contributed by atoms with Gasteiger partial charge in [-0.05, 0) is 37.0 Å². The summed E-state index contributed by atoms with van der Waals surface area (Å²) in [5.41, 5.74) is 1.39.